The summed E-state index contributed by atoms with van der Waals surface area (Å²) in [7, 11) is 1.54. The van der Waals surface area contributed by atoms with Crippen LogP contribution in [0.25, 0.3) is 0 Å². The van der Waals surface area contributed by atoms with Crippen molar-refractivity contribution in [1.82, 2.24) is 0 Å². The minimum absolute atomic E-state index is 0.294. The molecule has 0 fully saturated rings. The maximum absolute atomic E-state index is 11.6. The molecule has 0 amide bonds. The van der Waals surface area contributed by atoms with Crippen LogP contribution in [-0.2, 0) is 20.9 Å². The van der Waals surface area contributed by atoms with Crippen molar-refractivity contribution in [2.75, 3.05) is 13.7 Å². The van der Waals surface area contributed by atoms with E-state index in [9.17, 15) is 4.79 Å². The molecular weight excluding hydrogens is 220 g/mol. The average Bonchev–Trinajstić information content (AvgIpc) is 2.36. The van der Waals surface area contributed by atoms with Crippen LogP contribution in [0.3, 0.4) is 0 Å². The molecule has 0 aromatic heterocycles. The number of benzene rings is 1. The topological polar surface area (TPSA) is 44.8 Å². The van der Waals surface area contributed by atoms with Gasteiger partial charge >= 0.3 is 5.97 Å². The van der Waals surface area contributed by atoms with Crippen LogP contribution in [0.5, 0.6) is 0 Å². The largest absolute Gasteiger partial charge is 0.381 e. The van der Waals surface area contributed by atoms with E-state index < -0.39 is 5.97 Å². The highest BCUT2D eigenvalue weighted by atomic mass is 17.2. The zero-order chi connectivity index (χ0) is 12.7. The van der Waals surface area contributed by atoms with Crippen LogP contribution in [0.15, 0.2) is 24.3 Å². The van der Waals surface area contributed by atoms with Gasteiger partial charge in [-0.25, -0.2) is 4.79 Å². The van der Waals surface area contributed by atoms with Gasteiger partial charge in [-0.1, -0.05) is 19.1 Å². The Bertz CT molecular complexity index is 345. The highest BCUT2D eigenvalue weighted by Gasteiger charge is 2.11. The van der Waals surface area contributed by atoms with Gasteiger partial charge in [0, 0.05) is 7.11 Å². The van der Waals surface area contributed by atoms with E-state index in [-0.39, 0.29) is 0 Å². The Morgan fingerprint density at radius 1 is 1.18 bits per heavy atom. The third-order valence-corrected chi connectivity index (χ3v) is 2.21. The summed E-state index contributed by atoms with van der Waals surface area (Å²) in [5.74, 6) is -0.511. The van der Waals surface area contributed by atoms with Gasteiger partial charge in [-0.15, -0.1) is 0 Å². The van der Waals surface area contributed by atoms with Crippen molar-refractivity contribution in [3.63, 3.8) is 0 Å². The van der Waals surface area contributed by atoms with Crippen molar-refractivity contribution >= 4 is 5.97 Å². The second kappa shape index (κ2) is 7.04. The van der Waals surface area contributed by atoms with E-state index in [2.05, 4.69) is 11.8 Å². The number of hydrogen-bond acceptors (Lipinski definition) is 4. The molecule has 4 heteroatoms. The van der Waals surface area contributed by atoms with Crippen molar-refractivity contribution in [2.45, 2.75) is 20.3 Å². The Kier molecular flexibility index (Phi) is 5.66. The molecule has 4 nitrogen and oxygen atoms in total. The molecule has 1 aromatic rings. The van der Waals surface area contributed by atoms with Crippen LogP contribution in [0, 0.1) is 6.10 Å². The molecule has 17 heavy (non-hydrogen) atoms. The summed E-state index contributed by atoms with van der Waals surface area (Å²) < 4.78 is 4.82. The standard InChI is InChI=1S/C13H17O4/c1-4-11-5-7-12(8-6-11)13(14)17-16-10(2)9-15-3/h5-8H,4,9H2,1-3H3. The molecule has 0 spiro atoms. The molecule has 0 N–H and O–H groups in total. The average molecular weight is 237 g/mol. The van der Waals surface area contributed by atoms with Gasteiger partial charge in [0.15, 0.2) is 6.10 Å². The quantitative estimate of drug-likeness (QED) is 0.563. The number of carbonyl (C=O) groups excluding carboxylic acids is 1. The molecule has 1 aromatic carbocycles. The number of hydrogen-bond donors (Lipinski definition) is 0. The summed E-state index contributed by atoms with van der Waals surface area (Å²) in [4.78, 5) is 21.0. The van der Waals surface area contributed by atoms with Crippen molar-refractivity contribution in [3.05, 3.63) is 41.5 Å². The van der Waals surface area contributed by atoms with E-state index in [1.807, 2.05) is 12.1 Å². The van der Waals surface area contributed by atoms with E-state index in [1.165, 1.54) is 12.7 Å². The lowest BCUT2D eigenvalue weighted by atomic mass is 10.1. The first kappa shape index (κ1) is 13.7. The summed E-state index contributed by atoms with van der Waals surface area (Å²) >= 11 is 0. The van der Waals surface area contributed by atoms with Gasteiger partial charge in [-0.2, -0.15) is 4.89 Å². The van der Waals surface area contributed by atoms with E-state index in [4.69, 9.17) is 9.62 Å². The van der Waals surface area contributed by atoms with Crippen molar-refractivity contribution in [3.8, 4) is 0 Å². The Hall–Kier alpha value is -1.39. The highest BCUT2D eigenvalue weighted by Crippen LogP contribution is 2.09. The molecule has 0 aliphatic carbocycles. The first-order valence-corrected chi connectivity index (χ1v) is 5.46. The SMILES string of the molecule is CCc1ccc(C(=O)OO[C](C)COC)cc1. The van der Waals surface area contributed by atoms with E-state index in [0.717, 1.165) is 6.42 Å². The molecule has 0 heterocycles. The van der Waals surface area contributed by atoms with Crippen LogP contribution >= 0.6 is 0 Å². The first-order valence-electron chi connectivity index (χ1n) is 5.46. The van der Waals surface area contributed by atoms with E-state index in [1.54, 1.807) is 19.1 Å². The normalized spacial score (nSPS) is 10.6. The van der Waals surface area contributed by atoms with Gasteiger partial charge in [0.25, 0.3) is 0 Å². The minimum Gasteiger partial charge on any atom is -0.381 e. The zero-order valence-electron chi connectivity index (χ0n) is 10.4. The predicted molar refractivity (Wildman–Crippen MR) is 63.1 cm³/mol. The van der Waals surface area contributed by atoms with E-state index in [0.29, 0.717) is 18.3 Å². The molecule has 0 aliphatic rings. The number of aryl methyl sites for hydroxylation is 1. The Morgan fingerprint density at radius 2 is 1.82 bits per heavy atom. The van der Waals surface area contributed by atoms with Crippen LogP contribution in [0.4, 0.5) is 0 Å². The Labute approximate surface area is 101 Å². The maximum Gasteiger partial charge on any atom is 0.373 e. The fourth-order valence-corrected chi connectivity index (χ4v) is 1.26. The van der Waals surface area contributed by atoms with Crippen LogP contribution in [0.2, 0.25) is 0 Å². The van der Waals surface area contributed by atoms with Crippen LogP contribution in [0.1, 0.15) is 29.8 Å². The molecule has 1 radical (unpaired) electrons. The molecule has 0 bridgehead atoms. The summed E-state index contributed by atoms with van der Waals surface area (Å²) in [6.07, 6.45) is 1.43. The molecule has 0 aliphatic heterocycles. The third-order valence-electron chi connectivity index (χ3n) is 2.21. The summed E-state index contributed by atoms with van der Waals surface area (Å²) in [6.45, 7) is 4.03. The summed E-state index contributed by atoms with van der Waals surface area (Å²) in [5.41, 5.74) is 1.64. The smallest absolute Gasteiger partial charge is 0.373 e. The van der Waals surface area contributed by atoms with Gasteiger partial charge in [0.1, 0.15) is 0 Å². The maximum atomic E-state index is 11.6. The molecule has 1 rings (SSSR count). The number of ether oxygens (including phenoxy) is 1. The number of methoxy groups -OCH3 is 1. The fourth-order valence-electron chi connectivity index (χ4n) is 1.26. The molecule has 0 atom stereocenters. The summed E-state index contributed by atoms with van der Waals surface area (Å²) in [5, 5.41) is 0. The number of carbonyl (C=O) groups is 1. The van der Waals surface area contributed by atoms with E-state index >= 15 is 0 Å². The lowest BCUT2D eigenvalue weighted by Gasteiger charge is -2.08. The third kappa shape index (κ3) is 4.54. The molecular formula is C13H17O4. The fraction of sp³-hybridized carbons (Fsp3) is 0.385. The van der Waals surface area contributed by atoms with Crippen LogP contribution in [-0.4, -0.2) is 19.7 Å². The zero-order valence-corrected chi connectivity index (χ0v) is 10.4. The molecule has 93 valence electrons. The lowest BCUT2D eigenvalue weighted by Crippen LogP contribution is -2.11. The minimum atomic E-state index is -0.511. The van der Waals surface area contributed by atoms with Crippen LogP contribution < -0.4 is 0 Å². The van der Waals surface area contributed by atoms with Gasteiger partial charge < -0.3 is 4.74 Å². The number of rotatable bonds is 6. The van der Waals surface area contributed by atoms with Crippen molar-refractivity contribution in [1.29, 1.82) is 0 Å². The summed E-state index contributed by atoms with van der Waals surface area (Å²) in [6, 6.07) is 7.22. The lowest BCUT2D eigenvalue weighted by molar-refractivity contribution is -0.237. The van der Waals surface area contributed by atoms with Crippen molar-refractivity contribution < 1.29 is 19.3 Å². The second-order valence-electron chi connectivity index (χ2n) is 3.64. The Balaban J connectivity index is 2.46. The molecule has 0 saturated heterocycles. The monoisotopic (exact) mass is 237 g/mol. The Morgan fingerprint density at radius 3 is 2.35 bits per heavy atom. The van der Waals surface area contributed by atoms with Crippen molar-refractivity contribution in [2.24, 2.45) is 0 Å². The first-order chi connectivity index (χ1) is 8.17. The second-order valence-corrected chi connectivity index (χ2v) is 3.64. The molecule has 0 saturated carbocycles. The van der Waals surface area contributed by atoms with Gasteiger partial charge in [-0.3, -0.25) is 4.89 Å². The van der Waals surface area contributed by atoms with Gasteiger partial charge in [0.05, 0.1) is 12.2 Å². The van der Waals surface area contributed by atoms with Gasteiger partial charge in [0.2, 0.25) is 0 Å². The van der Waals surface area contributed by atoms with Gasteiger partial charge in [-0.05, 0) is 31.0 Å². The highest BCUT2D eigenvalue weighted by molar-refractivity contribution is 5.88. The molecule has 0 unspecified atom stereocenters. The predicted octanol–water partition coefficient (Wildman–Crippen LogP) is 2.54.